The first kappa shape index (κ1) is 13.1. The Morgan fingerprint density at radius 3 is 2.88 bits per heavy atom. The third-order valence-corrected chi connectivity index (χ3v) is 3.91. The van der Waals surface area contributed by atoms with Crippen LogP contribution in [0.4, 0.5) is 0 Å². The molecule has 2 rings (SSSR count). The molecule has 2 N–H and O–H groups in total. The summed E-state index contributed by atoms with van der Waals surface area (Å²) in [6.07, 6.45) is 2.71. The van der Waals surface area contributed by atoms with E-state index >= 15 is 0 Å². The van der Waals surface area contributed by atoms with E-state index in [2.05, 4.69) is 58.6 Å². The van der Waals surface area contributed by atoms with Crippen LogP contribution in [0.3, 0.4) is 0 Å². The van der Waals surface area contributed by atoms with Crippen molar-refractivity contribution in [2.45, 2.75) is 45.3 Å². The van der Waals surface area contributed by atoms with Gasteiger partial charge in [0, 0.05) is 29.6 Å². The highest BCUT2D eigenvalue weighted by atomic mass is 79.9. The fourth-order valence-corrected chi connectivity index (χ4v) is 2.21. The fraction of sp³-hybridized carbons (Fsp3) is 0.571. The Balaban J connectivity index is 1.77. The highest BCUT2D eigenvalue weighted by Gasteiger charge is 2.20. The largest absolute Gasteiger partial charge is 0.312 e. The van der Waals surface area contributed by atoms with E-state index in [1.807, 2.05) is 0 Å². The Bertz CT molecular complexity index is 374. The molecule has 3 heteroatoms. The van der Waals surface area contributed by atoms with Crippen molar-refractivity contribution in [3.8, 4) is 0 Å². The molecule has 0 amide bonds. The maximum absolute atomic E-state index is 3.60. The van der Waals surface area contributed by atoms with Gasteiger partial charge in [0.2, 0.25) is 0 Å². The summed E-state index contributed by atoms with van der Waals surface area (Å²) in [6, 6.07) is 7.80. The first-order valence-electron chi connectivity index (χ1n) is 6.37. The summed E-state index contributed by atoms with van der Waals surface area (Å²) < 4.78 is 1.19. The Morgan fingerprint density at radius 2 is 2.18 bits per heavy atom. The molecule has 1 aromatic rings. The van der Waals surface area contributed by atoms with Crippen LogP contribution in [0.1, 0.15) is 30.9 Å². The summed E-state index contributed by atoms with van der Waals surface area (Å²) in [5.41, 5.74) is 2.65. The summed E-state index contributed by atoms with van der Waals surface area (Å²) >= 11 is 3.60. The van der Waals surface area contributed by atoms with Crippen molar-refractivity contribution in [1.82, 2.24) is 10.6 Å². The fourth-order valence-electron chi connectivity index (χ4n) is 1.83. The molecule has 1 atom stereocenters. The van der Waals surface area contributed by atoms with Gasteiger partial charge in [-0.25, -0.2) is 0 Å². The molecule has 0 aliphatic heterocycles. The first-order chi connectivity index (χ1) is 8.15. The Morgan fingerprint density at radius 1 is 1.41 bits per heavy atom. The summed E-state index contributed by atoms with van der Waals surface area (Å²) in [5.74, 6) is 0. The minimum atomic E-state index is 0.517. The van der Waals surface area contributed by atoms with Crippen LogP contribution in [-0.2, 0) is 6.54 Å². The summed E-state index contributed by atoms with van der Waals surface area (Å²) in [7, 11) is 0. The molecule has 1 fully saturated rings. The smallest absolute Gasteiger partial charge is 0.0220 e. The second-order valence-corrected chi connectivity index (χ2v) is 5.91. The lowest BCUT2D eigenvalue weighted by Crippen LogP contribution is -2.36. The van der Waals surface area contributed by atoms with E-state index in [4.69, 9.17) is 0 Å². The van der Waals surface area contributed by atoms with Crippen LogP contribution < -0.4 is 10.6 Å². The average Bonchev–Trinajstić information content (AvgIpc) is 3.11. The van der Waals surface area contributed by atoms with Crippen molar-refractivity contribution < 1.29 is 0 Å². The Kier molecular flexibility index (Phi) is 4.60. The number of hydrogen-bond acceptors (Lipinski definition) is 2. The van der Waals surface area contributed by atoms with Crippen molar-refractivity contribution in [2.75, 3.05) is 6.54 Å². The van der Waals surface area contributed by atoms with E-state index in [1.54, 1.807) is 0 Å². The van der Waals surface area contributed by atoms with Crippen molar-refractivity contribution in [2.24, 2.45) is 0 Å². The Labute approximate surface area is 112 Å². The van der Waals surface area contributed by atoms with Gasteiger partial charge in [-0.2, -0.15) is 0 Å². The lowest BCUT2D eigenvalue weighted by atomic mass is 10.1. The zero-order chi connectivity index (χ0) is 12.3. The van der Waals surface area contributed by atoms with Crippen LogP contribution in [0.15, 0.2) is 22.7 Å². The van der Waals surface area contributed by atoms with Crippen molar-refractivity contribution >= 4 is 15.9 Å². The molecule has 0 radical (unpaired) electrons. The number of halogens is 1. The second kappa shape index (κ2) is 5.98. The summed E-state index contributed by atoms with van der Waals surface area (Å²) in [6.45, 7) is 6.36. The maximum atomic E-state index is 3.60. The second-order valence-electron chi connectivity index (χ2n) is 5.06. The van der Waals surface area contributed by atoms with Gasteiger partial charge >= 0.3 is 0 Å². The molecule has 1 aliphatic rings. The molecule has 2 nitrogen and oxygen atoms in total. The third-order valence-electron chi connectivity index (χ3n) is 3.13. The number of hydrogen-bond donors (Lipinski definition) is 2. The van der Waals surface area contributed by atoms with E-state index in [9.17, 15) is 0 Å². The monoisotopic (exact) mass is 296 g/mol. The molecule has 94 valence electrons. The predicted molar refractivity (Wildman–Crippen MR) is 76.2 cm³/mol. The minimum Gasteiger partial charge on any atom is -0.312 e. The highest BCUT2D eigenvalue weighted by Crippen LogP contribution is 2.19. The van der Waals surface area contributed by atoms with E-state index in [-0.39, 0.29) is 0 Å². The van der Waals surface area contributed by atoms with Crippen molar-refractivity contribution in [3.05, 3.63) is 33.8 Å². The average molecular weight is 297 g/mol. The van der Waals surface area contributed by atoms with E-state index < -0.39 is 0 Å². The number of aryl methyl sites for hydroxylation is 1. The van der Waals surface area contributed by atoms with E-state index in [0.29, 0.717) is 6.04 Å². The normalized spacial score (nSPS) is 17.1. The van der Waals surface area contributed by atoms with Gasteiger partial charge in [-0.15, -0.1) is 0 Å². The van der Waals surface area contributed by atoms with Gasteiger partial charge < -0.3 is 10.6 Å². The van der Waals surface area contributed by atoms with Gasteiger partial charge in [-0.05, 0) is 38.3 Å². The van der Waals surface area contributed by atoms with Crippen LogP contribution in [0, 0.1) is 6.92 Å². The molecule has 0 heterocycles. The summed E-state index contributed by atoms with van der Waals surface area (Å²) in [4.78, 5) is 0. The third kappa shape index (κ3) is 4.41. The molecule has 0 aromatic heterocycles. The molecule has 1 saturated carbocycles. The summed E-state index contributed by atoms with van der Waals surface area (Å²) in [5, 5.41) is 7.10. The molecule has 17 heavy (non-hydrogen) atoms. The predicted octanol–water partition coefficient (Wildman–Crippen LogP) is 2.99. The number of benzene rings is 1. The van der Waals surface area contributed by atoms with Crippen LogP contribution in [0.5, 0.6) is 0 Å². The molecular weight excluding hydrogens is 276 g/mol. The number of rotatable bonds is 6. The molecule has 1 unspecified atom stereocenters. The topological polar surface area (TPSA) is 24.1 Å². The van der Waals surface area contributed by atoms with Gasteiger partial charge in [-0.1, -0.05) is 33.6 Å². The quantitative estimate of drug-likeness (QED) is 0.843. The highest BCUT2D eigenvalue weighted by molar-refractivity contribution is 9.10. The van der Waals surface area contributed by atoms with Gasteiger partial charge in [0.15, 0.2) is 0 Å². The molecule has 1 aliphatic carbocycles. The number of nitrogens with one attached hydrogen (secondary N) is 2. The van der Waals surface area contributed by atoms with Gasteiger partial charge in [-0.3, -0.25) is 0 Å². The first-order valence-corrected chi connectivity index (χ1v) is 7.16. The Hall–Kier alpha value is -0.380. The van der Waals surface area contributed by atoms with Gasteiger partial charge in [0.25, 0.3) is 0 Å². The lowest BCUT2D eigenvalue weighted by molar-refractivity contribution is 0.499. The van der Waals surface area contributed by atoms with Crippen LogP contribution in [-0.4, -0.2) is 18.6 Å². The van der Waals surface area contributed by atoms with Crippen LogP contribution in [0.2, 0.25) is 0 Å². The van der Waals surface area contributed by atoms with E-state index in [0.717, 1.165) is 19.1 Å². The van der Waals surface area contributed by atoms with Crippen LogP contribution in [0.25, 0.3) is 0 Å². The zero-order valence-electron chi connectivity index (χ0n) is 10.6. The molecule has 1 aromatic carbocycles. The van der Waals surface area contributed by atoms with Gasteiger partial charge in [0.1, 0.15) is 0 Å². The molecular formula is C14H21BrN2. The van der Waals surface area contributed by atoms with E-state index in [1.165, 1.54) is 28.4 Å². The SMILES string of the molecule is Cc1ccc(Br)c(CNC(C)CNC2CC2)c1. The van der Waals surface area contributed by atoms with Crippen molar-refractivity contribution in [3.63, 3.8) is 0 Å². The van der Waals surface area contributed by atoms with Crippen molar-refractivity contribution in [1.29, 1.82) is 0 Å². The minimum absolute atomic E-state index is 0.517. The molecule has 0 bridgehead atoms. The molecule has 0 spiro atoms. The van der Waals surface area contributed by atoms with Gasteiger partial charge in [0.05, 0.1) is 0 Å². The zero-order valence-corrected chi connectivity index (χ0v) is 12.2. The molecule has 0 saturated heterocycles. The standard InChI is InChI=1S/C14H21BrN2/c1-10-3-6-14(15)12(7-10)9-16-11(2)8-17-13-4-5-13/h3,6-7,11,13,16-17H,4-5,8-9H2,1-2H3. The van der Waals surface area contributed by atoms with Crippen LogP contribution >= 0.6 is 15.9 Å². The lowest BCUT2D eigenvalue weighted by Gasteiger charge is -2.15. The maximum Gasteiger partial charge on any atom is 0.0220 e.